The lowest BCUT2D eigenvalue weighted by Crippen LogP contribution is -2.05. The van der Waals surface area contributed by atoms with E-state index in [0.717, 1.165) is 17.7 Å². The molecule has 178 valence electrons. The van der Waals surface area contributed by atoms with E-state index in [9.17, 15) is 14.9 Å². The smallest absolute Gasteiger partial charge is 0.276 e. The number of carbonyl (C=O) groups is 1. The number of hydrogen-bond donors (Lipinski definition) is 0. The summed E-state index contributed by atoms with van der Waals surface area (Å²) in [5.74, 6) is -0.473. The lowest BCUT2D eigenvalue weighted by atomic mass is 10.1. The molecule has 0 spiro atoms. The highest BCUT2D eigenvalue weighted by molar-refractivity contribution is 5.88. The van der Waals surface area contributed by atoms with Crippen molar-refractivity contribution >= 4 is 22.4 Å². The van der Waals surface area contributed by atoms with Crippen molar-refractivity contribution in [3.05, 3.63) is 93.9 Å². The van der Waals surface area contributed by atoms with Crippen molar-refractivity contribution in [1.29, 1.82) is 0 Å². The van der Waals surface area contributed by atoms with Crippen LogP contribution in [0.1, 0.15) is 18.1 Å². The van der Waals surface area contributed by atoms with E-state index < -0.39 is 28.6 Å². The maximum Gasteiger partial charge on any atom is 0.276 e. The Morgan fingerprint density at radius 1 is 1.03 bits per heavy atom. The van der Waals surface area contributed by atoms with Gasteiger partial charge in [-0.15, -0.1) is 0 Å². The molecule has 0 atom stereocenters. The molecule has 0 fully saturated rings. The standard InChI is InChI=1S/C26H21FN2O6/c1-16(30)12-19-21(29(31)32)8-9-23(26(19)27)35-22-10-11-28-20-14-25(24(33-2)13-18(20)22)34-15-17-6-4-3-5-7-17/h3-11,13-14H,12,15H2,1-2H3. The lowest BCUT2D eigenvalue weighted by molar-refractivity contribution is -0.385. The molecule has 0 saturated carbocycles. The van der Waals surface area contributed by atoms with Crippen LogP contribution in [-0.2, 0) is 17.8 Å². The largest absolute Gasteiger partial charge is 0.493 e. The number of carbonyl (C=O) groups excluding carboxylic acids is 1. The molecule has 4 aromatic rings. The van der Waals surface area contributed by atoms with Gasteiger partial charge in [-0.05, 0) is 30.7 Å². The summed E-state index contributed by atoms with van der Waals surface area (Å²) < 4.78 is 32.4. The van der Waals surface area contributed by atoms with Gasteiger partial charge in [-0.1, -0.05) is 30.3 Å². The van der Waals surface area contributed by atoms with Crippen LogP contribution < -0.4 is 14.2 Å². The Morgan fingerprint density at radius 2 is 1.80 bits per heavy atom. The summed E-state index contributed by atoms with van der Waals surface area (Å²) in [7, 11) is 1.50. The predicted molar refractivity (Wildman–Crippen MR) is 127 cm³/mol. The van der Waals surface area contributed by atoms with Gasteiger partial charge in [0.2, 0.25) is 0 Å². The molecule has 0 bridgehead atoms. The molecule has 1 aromatic heterocycles. The second-order valence-corrected chi connectivity index (χ2v) is 7.72. The van der Waals surface area contributed by atoms with Crippen molar-refractivity contribution in [3.8, 4) is 23.0 Å². The van der Waals surface area contributed by atoms with E-state index in [1.807, 2.05) is 30.3 Å². The SMILES string of the molecule is COc1cc2c(Oc3ccc([N+](=O)[O-])c(CC(C)=O)c3F)ccnc2cc1OCc1ccccc1. The molecular weight excluding hydrogens is 455 g/mol. The molecule has 9 heteroatoms. The summed E-state index contributed by atoms with van der Waals surface area (Å²) in [4.78, 5) is 26.5. The van der Waals surface area contributed by atoms with Gasteiger partial charge < -0.3 is 14.2 Å². The number of hydrogen-bond acceptors (Lipinski definition) is 7. The number of halogens is 1. The zero-order valence-corrected chi connectivity index (χ0v) is 19.0. The summed E-state index contributed by atoms with van der Waals surface area (Å²) in [5, 5.41) is 11.8. The third-order valence-corrected chi connectivity index (χ3v) is 5.25. The summed E-state index contributed by atoms with van der Waals surface area (Å²) >= 11 is 0. The Morgan fingerprint density at radius 3 is 2.49 bits per heavy atom. The highest BCUT2D eigenvalue weighted by Crippen LogP contribution is 2.39. The van der Waals surface area contributed by atoms with E-state index in [1.54, 1.807) is 12.1 Å². The van der Waals surface area contributed by atoms with Crippen LogP contribution in [-0.4, -0.2) is 22.8 Å². The number of ether oxygens (including phenoxy) is 3. The van der Waals surface area contributed by atoms with Crippen molar-refractivity contribution in [3.63, 3.8) is 0 Å². The van der Waals surface area contributed by atoms with Gasteiger partial charge in [0.05, 0.1) is 23.1 Å². The zero-order valence-electron chi connectivity index (χ0n) is 19.0. The molecule has 0 amide bonds. The third-order valence-electron chi connectivity index (χ3n) is 5.25. The molecule has 8 nitrogen and oxygen atoms in total. The fourth-order valence-corrected chi connectivity index (χ4v) is 3.60. The predicted octanol–water partition coefficient (Wildman–Crippen LogP) is 5.79. The highest BCUT2D eigenvalue weighted by Gasteiger charge is 2.24. The molecule has 3 aromatic carbocycles. The summed E-state index contributed by atoms with van der Waals surface area (Å²) in [6.45, 7) is 1.56. The number of nitro groups is 1. The second kappa shape index (κ2) is 10.2. The summed E-state index contributed by atoms with van der Waals surface area (Å²) in [6.07, 6.45) is 1.07. The molecule has 0 aliphatic rings. The number of pyridine rings is 1. The number of nitrogens with zero attached hydrogens (tertiary/aromatic N) is 2. The first-order valence-corrected chi connectivity index (χ1v) is 10.6. The van der Waals surface area contributed by atoms with Crippen molar-refractivity contribution in [1.82, 2.24) is 4.98 Å². The van der Waals surface area contributed by atoms with E-state index >= 15 is 4.39 Å². The van der Waals surface area contributed by atoms with Gasteiger partial charge in [0.1, 0.15) is 18.1 Å². The topological polar surface area (TPSA) is 101 Å². The molecule has 0 radical (unpaired) electrons. The van der Waals surface area contributed by atoms with Crippen LogP contribution in [0, 0.1) is 15.9 Å². The molecular formula is C26H21FN2O6. The van der Waals surface area contributed by atoms with Gasteiger partial charge in [0.25, 0.3) is 5.69 Å². The summed E-state index contributed by atoms with van der Waals surface area (Å²) in [5.41, 5.74) is 0.686. The van der Waals surface area contributed by atoms with E-state index in [4.69, 9.17) is 14.2 Å². The fourth-order valence-electron chi connectivity index (χ4n) is 3.60. The molecule has 0 N–H and O–H groups in total. The van der Waals surface area contributed by atoms with Crippen molar-refractivity contribution in [2.45, 2.75) is 20.0 Å². The normalized spacial score (nSPS) is 10.7. The van der Waals surface area contributed by atoms with Gasteiger partial charge in [-0.25, -0.2) is 4.39 Å². The van der Waals surface area contributed by atoms with Gasteiger partial charge in [-0.3, -0.25) is 19.9 Å². The molecule has 0 aliphatic heterocycles. The maximum atomic E-state index is 15.2. The molecule has 1 heterocycles. The first-order valence-electron chi connectivity index (χ1n) is 10.6. The molecule has 0 aliphatic carbocycles. The average molecular weight is 476 g/mol. The average Bonchev–Trinajstić information content (AvgIpc) is 2.85. The van der Waals surface area contributed by atoms with Crippen LogP contribution in [0.15, 0.2) is 66.9 Å². The van der Waals surface area contributed by atoms with E-state index in [0.29, 0.717) is 29.0 Å². The van der Waals surface area contributed by atoms with E-state index in [1.165, 1.54) is 26.3 Å². The maximum absolute atomic E-state index is 15.2. The molecule has 0 saturated heterocycles. The van der Waals surface area contributed by atoms with Crippen LogP contribution in [0.2, 0.25) is 0 Å². The zero-order chi connectivity index (χ0) is 24.9. The Hall–Kier alpha value is -4.53. The van der Waals surface area contributed by atoms with Crippen molar-refractivity contribution in [2.75, 3.05) is 7.11 Å². The minimum Gasteiger partial charge on any atom is -0.493 e. The van der Waals surface area contributed by atoms with Crippen molar-refractivity contribution in [2.24, 2.45) is 0 Å². The minimum atomic E-state index is -0.964. The van der Waals surface area contributed by atoms with Crippen LogP contribution in [0.4, 0.5) is 10.1 Å². The molecule has 4 rings (SSSR count). The van der Waals surface area contributed by atoms with Crippen LogP contribution in [0.25, 0.3) is 10.9 Å². The number of ketones is 1. The van der Waals surface area contributed by atoms with Gasteiger partial charge in [0, 0.05) is 30.1 Å². The fraction of sp³-hybridized carbons (Fsp3) is 0.154. The number of methoxy groups -OCH3 is 1. The molecule has 35 heavy (non-hydrogen) atoms. The van der Waals surface area contributed by atoms with Crippen LogP contribution in [0.3, 0.4) is 0 Å². The number of rotatable bonds is 9. The Balaban J connectivity index is 1.70. The Bertz CT molecular complexity index is 1410. The number of fused-ring (bicyclic) bond motifs is 1. The quantitative estimate of drug-likeness (QED) is 0.222. The highest BCUT2D eigenvalue weighted by atomic mass is 19.1. The van der Waals surface area contributed by atoms with Gasteiger partial charge in [0.15, 0.2) is 23.1 Å². The van der Waals surface area contributed by atoms with Crippen molar-refractivity contribution < 1.29 is 28.3 Å². The first-order chi connectivity index (χ1) is 16.9. The number of Topliss-reactive ketones (excluding diaryl/α,β-unsaturated/α-hetero) is 1. The first kappa shape index (κ1) is 23.6. The van der Waals surface area contributed by atoms with Gasteiger partial charge in [-0.2, -0.15) is 0 Å². The van der Waals surface area contributed by atoms with Gasteiger partial charge >= 0.3 is 0 Å². The minimum absolute atomic E-state index is 0.247. The van der Waals surface area contributed by atoms with Crippen LogP contribution in [0.5, 0.6) is 23.0 Å². The lowest BCUT2D eigenvalue weighted by Gasteiger charge is -2.15. The number of aromatic nitrogens is 1. The number of nitro benzene ring substituents is 1. The number of benzene rings is 3. The van der Waals surface area contributed by atoms with E-state index in [-0.39, 0.29) is 17.1 Å². The van der Waals surface area contributed by atoms with E-state index in [2.05, 4.69) is 4.98 Å². The monoisotopic (exact) mass is 476 g/mol. The molecule has 0 unspecified atom stereocenters. The Labute approximate surface area is 200 Å². The summed E-state index contributed by atoms with van der Waals surface area (Å²) in [6, 6.07) is 16.8. The third kappa shape index (κ3) is 5.19. The van der Waals surface area contributed by atoms with Crippen LogP contribution >= 0.6 is 0 Å². The second-order valence-electron chi connectivity index (χ2n) is 7.72. The Kier molecular flexibility index (Phi) is 6.86.